The second-order valence-corrected chi connectivity index (χ2v) is 5.13. The van der Waals surface area contributed by atoms with Crippen LogP contribution in [0.25, 0.3) is 0 Å². The van der Waals surface area contributed by atoms with Crippen molar-refractivity contribution in [3.05, 3.63) is 46.2 Å². The number of aromatic nitrogens is 2. The van der Waals surface area contributed by atoms with Crippen molar-refractivity contribution >= 4 is 40.4 Å². The van der Waals surface area contributed by atoms with Crippen molar-refractivity contribution in [2.45, 2.75) is 6.92 Å². The van der Waals surface area contributed by atoms with Crippen LogP contribution in [0.1, 0.15) is 21.6 Å². The van der Waals surface area contributed by atoms with Gasteiger partial charge in [-0.15, -0.1) is 0 Å². The molecule has 2 rings (SSSR count). The van der Waals surface area contributed by atoms with E-state index in [1.807, 2.05) is 6.92 Å². The lowest BCUT2D eigenvalue weighted by molar-refractivity contribution is 0.102. The number of amides is 1. The molecule has 5 nitrogen and oxygen atoms in total. The molecular weight excluding hydrogens is 296 g/mol. The van der Waals surface area contributed by atoms with E-state index >= 15 is 0 Å². The first-order valence-electron chi connectivity index (χ1n) is 5.79. The SMILES string of the molecule is Cc1c(C(=O)Nc2cc(C(N)=S)ccc2Cl)cnn1C. The van der Waals surface area contributed by atoms with E-state index in [4.69, 9.17) is 29.6 Å². The van der Waals surface area contributed by atoms with E-state index in [1.54, 1.807) is 29.9 Å². The number of nitrogens with one attached hydrogen (secondary N) is 1. The summed E-state index contributed by atoms with van der Waals surface area (Å²) in [5.74, 6) is -0.280. The Morgan fingerprint density at radius 3 is 2.75 bits per heavy atom. The Morgan fingerprint density at radius 1 is 1.50 bits per heavy atom. The van der Waals surface area contributed by atoms with Gasteiger partial charge in [0.05, 0.1) is 22.5 Å². The number of rotatable bonds is 3. The minimum atomic E-state index is -0.280. The fourth-order valence-corrected chi connectivity index (χ4v) is 1.98. The summed E-state index contributed by atoms with van der Waals surface area (Å²) < 4.78 is 1.63. The number of thiocarbonyl (C=S) groups is 1. The van der Waals surface area contributed by atoms with Crippen LogP contribution in [0.2, 0.25) is 5.02 Å². The van der Waals surface area contributed by atoms with Crippen LogP contribution in [-0.2, 0) is 7.05 Å². The first-order valence-corrected chi connectivity index (χ1v) is 6.58. The third-order valence-electron chi connectivity index (χ3n) is 2.98. The van der Waals surface area contributed by atoms with E-state index in [0.29, 0.717) is 21.8 Å². The van der Waals surface area contributed by atoms with Crippen molar-refractivity contribution in [1.29, 1.82) is 0 Å². The molecule has 20 heavy (non-hydrogen) atoms. The molecule has 1 heterocycles. The fraction of sp³-hybridized carbons (Fsp3) is 0.154. The van der Waals surface area contributed by atoms with Crippen LogP contribution in [0.5, 0.6) is 0 Å². The molecule has 0 aliphatic carbocycles. The summed E-state index contributed by atoms with van der Waals surface area (Å²) in [6.07, 6.45) is 1.51. The molecule has 7 heteroatoms. The molecule has 1 aromatic carbocycles. The fourth-order valence-electron chi connectivity index (χ4n) is 1.69. The molecule has 0 fully saturated rings. The van der Waals surface area contributed by atoms with Crippen molar-refractivity contribution in [2.75, 3.05) is 5.32 Å². The number of nitrogens with two attached hydrogens (primary N) is 1. The maximum absolute atomic E-state index is 12.2. The first kappa shape index (κ1) is 14.5. The molecule has 0 saturated carbocycles. The van der Waals surface area contributed by atoms with Crippen molar-refractivity contribution in [3.63, 3.8) is 0 Å². The zero-order valence-electron chi connectivity index (χ0n) is 11.0. The number of anilines is 1. The van der Waals surface area contributed by atoms with E-state index in [0.717, 1.165) is 5.69 Å². The lowest BCUT2D eigenvalue weighted by atomic mass is 10.2. The topological polar surface area (TPSA) is 72.9 Å². The highest BCUT2D eigenvalue weighted by molar-refractivity contribution is 7.80. The molecule has 1 aromatic heterocycles. The van der Waals surface area contributed by atoms with Gasteiger partial charge in [0.1, 0.15) is 4.99 Å². The van der Waals surface area contributed by atoms with Crippen LogP contribution < -0.4 is 11.1 Å². The van der Waals surface area contributed by atoms with Gasteiger partial charge in [0.25, 0.3) is 5.91 Å². The quantitative estimate of drug-likeness (QED) is 0.853. The lowest BCUT2D eigenvalue weighted by Crippen LogP contribution is -2.15. The normalized spacial score (nSPS) is 10.3. The molecule has 0 saturated heterocycles. The number of carbonyl (C=O) groups is 1. The van der Waals surface area contributed by atoms with Gasteiger partial charge >= 0.3 is 0 Å². The van der Waals surface area contributed by atoms with E-state index in [9.17, 15) is 4.79 Å². The maximum atomic E-state index is 12.2. The second kappa shape index (κ2) is 5.60. The number of aryl methyl sites for hydroxylation is 1. The van der Waals surface area contributed by atoms with Crippen LogP contribution in [0.4, 0.5) is 5.69 Å². The first-order chi connectivity index (χ1) is 9.40. The van der Waals surface area contributed by atoms with Gasteiger partial charge in [-0.2, -0.15) is 5.10 Å². The van der Waals surface area contributed by atoms with Crippen LogP contribution in [0.3, 0.4) is 0 Å². The summed E-state index contributed by atoms with van der Waals surface area (Å²) in [6.45, 7) is 1.81. The summed E-state index contributed by atoms with van der Waals surface area (Å²) in [5.41, 5.74) is 7.93. The smallest absolute Gasteiger partial charge is 0.259 e. The Balaban J connectivity index is 2.30. The van der Waals surface area contributed by atoms with Crippen molar-refractivity contribution in [1.82, 2.24) is 9.78 Å². The Kier molecular flexibility index (Phi) is 4.06. The number of halogens is 1. The largest absolute Gasteiger partial charge is 0.389 e. The molecule has 0 spiro atoms. The summed E-state index contributed by atoms with van der Waals surface area (Å²) in [6, 6.07) is 4.99. The Bertz CT molecular complexity index is 696. The number of nitrogens with zero attached hydrogens (tertiary/aromatic N) is 2. The zero-order chi connectivity index (χ0) is 14.9. The minimum Gasteiger partial charge on any atom is -0.389 e. The molecule has 2 aromatic rings. The highest BCUT2D eigenvalue weighted by Crippen LogP contribution is 2.24. The maximum Gasteiger partial charge on any atom is 0.259 e. The minimum absolute atomic E-state index is 0.245. The van der Waals surface area contributed by atoms with Gasteiger partial charge in [-0.25, -0.2) is 0 Å². The molecule has 0 radical (unpaired) electrons. The molecule has 0 bridgehead atoms. The highest BCUT2D eigenvalue weighted by atomic mass is 35.5. The molecule has 3 N–H and O–H groups in total. The summed E-state index contributed by atoms with van der Waals surface area (Å²) in [7, 11) is 1.77. The van der Waals surface area contributed by atoms with Crippen molar-refractivity contribution in [2.24, 2.45) is 12.8 Å². The van der Waals surface area contributed by atoms with Gasteiger partial charge in [0.2, 0.25) is 0 Å². The number of hydrogen-bond acceptors (Lipinski definition) is 3. The molecule has 104 valence electrons. The average Bonchev–Trinajstić information content (AvgIpc) is 2.72. The summed E-state index contributed by atoms with van der Waals surface area (Å²) in [4.78, 5) is 12.4. The van der Waals surface area contributed by atoms with Gasteiger partial charge in [-0.05, 0) is 19.1 Å². The van der Waals surface area contributed by atoms with Gasteiger partial charge in [0, 0.05) is 18.3 Å². The summed E-state index contributed by atoms with van der Waals surface area (Å²) >= 11 is 11.0. The van der Waals surface area contributed by atoms with E-state index in [-0.39, 0.29) is 10.9 Å². The summed E-state index contributed by atoms with van der Waals surface area (Å²) in [5, 5.41) is 7.18. The van der Waals surface area contributed by atoms with Gasteiger partial charge in [-0.1, -0.05) is 29.9 Å². The molecule has 1 amide bonds. The van der Waals surface area contributed by atoms with E-state index in [2.05, 4.69) is 10.4 Å². The Hall–Kier alpha value is -1.92. The lowest BCUT2D eigenvalue weighted by Gasteiger charge is -2.09. The standard InChI is InChI=1S/C13H13ClN4OS/c1-7-9(6-16-18(7)2)13(19)17-11-5-8(12(15)20)3-4-10(11)14/h3-6H,1-2H3,(H2,15,20)(H,17,19). The van der Waals surface area contributed by atoms with E-state index < -0.39 is 0 Å². The number of benzene rings is 1. The van der Waals surface area contributed by atoms with Crippen LogP contribution >= 0.6 is 23.8 Å². The second-order valence-electron chi connectivity index (χ2n) is 4.28. The molecule has 0 atom stereocenters. The molecular formula is C13H13ClN4OS. The third kappa shape index (κ3) is 2.81. The monoisotopic (exact) mass is 308 g/mol. The third-order valence-corrected chi connectivity index (χ3v) is 3.54. The van der Waals surface area contributed by atoms with Crippen LogP contribution in [0, 0.1) is 6.92 Å². The Labute approximate surface area is 126 Å². The molecule has 0 aliphatic rings. The molecule has 0 aliphatic heterocycles. The molecule has 0 unspecified atom stereocenters. The van der Waals surface area contributed by atoms with E-state index in [1.165, 1.54) is 6.20 Å². The van der Waals surface area contributed by atoms with Gasteiger partial charge in [-0.3, -0.25) is 9.48 Å². The average molecular weight is 309 g/mol. The van der Waals surface area contributed by atoms with Gasteiger partial charge in [0.15, 0.2) is 0 Å². The zero-order valence-corrected chi connectivity index (χ0v) is 12.5. The van der Waals surface area contributed by atoms with Crippen LogP contribution in [-0.4, -0.2) is 20.7 Å². The highest BCUT2D eigenvalue weighted by Gasteiger charge is 2.14. The number of carbonyl (C=O) groups excluding carboxylic acids is 1. The Morgan fingerprint density at radius 2 is 2.20 bits per heavy atom. The predicted molar refractivity (Wildman–Crippen MR) is 83.2 cm³/mol. The van der Waals surface area contributed by atoms with Crippen LogP contribution in [0.15, 0.2) is 24.4 Å². The van der Waals surface area contributed by atoms with Gasteiger partial charge < -0.3 is 11.1 Å². The predicted octanol–water partition coefficient (Wildman–Crippen LogP) is 2.27. The number of hydrogen-bond donors (Lipinski definition) is 2. The van der Waals surface area contributed by atoms with Crippen molar-refractivity contribution < 1.29 is 4.79 Å². The van der Waals surface area contributed by atoms with Crippen molar-refractivity contribution in [3.8, 4) is 0 Å².